The van der Waals surface area contributed by atoms with Gasteiger partial charge < -0.3 is 4.74 Å². The number of imidazole rings is 1. The van der Waals surface area contributed by atoms with Crippen LogP contribution in [-0.2, 0) is 12.8 Å². The summed E-state index contributed by atoms with van der Waals surface area (Å²) in [6.07, 6.45) is 4.70. The summed E-state index contributed by atoms with van der Waals surface area (Å²) in [7, 11) is 0. The van der Waals surface area contributed by atoms with Gasteiger partial charge in [0.2, 0.25) is 0 Å². The van der Waals surface area contributed by atoms with E-state index in [1.165, 1.54) is 28.4 Å². The molecule has 0 saturated carbocycles. The smallest absolute Gasteiger partial charge is 0.196 e. The third-order valence-corrected chi connectivity index (χ3v) is 5.09. The minimum atomic E-state index is -1.51. The standard InChI is InChI=1S/C22H15F3N2O/c23-18-11-19-22(21(25)20(18)24)27(12-26-19)15-5-8-16(9-6-15)28-17-7-4-13-2-1-3-14(13)10-17/h4-12H,1-3H2. The number of nitrogens with zero attached hydrogens (tertiary/aromatic N) is 2. The minimum absolute atomic E-state index is 0.0508. The van der Waals surface area contributed by atoms with Crippen LogP contribution in [0.4, 0.5) is 13.2 Å². The predicted octanol–water partition coefficient (Wildman–Crippen LogP) is 5.72. The topological polar surface area (TPSA) is 27.1 Å². The van der Waals surface area contributed by atoms with E-state index >= 15 is 0 Å². The number of halogens is 3. The average Bonchev–Trinajstić information content (AvgIpc) is 3.33. The van der Waals surface area contributed by atoms with E-state index in [2.05, 4.69) is 17.1 Å². The molecular weight excluding hydrogens is 365 g/mol. The summed E-state index contributed by atoms with van der Waals surface area (Å²) in [6.45, 7) is 0. The molecule has 5 rings (SSSR count). The normalized spacial score (nSPS) is 13.1. The lowest BCUT2D eigenvalue weighted by atomic mass is 10.1. The highest BCUT2D eigenvalue weighted by atomic mass is 19.2. The number of aryl methyl sites for hydroxylation is 2. The first-order chi connectivity index (χ1) is 13.6. The third-order valence-electron chi connectivity index (χ3n) is 5.09. The van der Waals surface area contributed by atoms with Crippen LogP contribution in [0.15, 0.2) is 54.9 Å². The highest BCUT2D eigenvalue weighted by Gasteiger charge is 2.18. The van der Waals surface area contributed by atoms with E-state index < -0.39 is 17.5 Å². The molecule has 3 aromatic carbocycles. The quantitative estimate of drug-likeness (QED) is 0.425. The van der Waals surface area contributed by atoms with Crippen molar-refractivity contribution in [1.82, 2.24) is 9.55 Å². The molecule has 6 heteroatoms. The van der Waals surface area contributed by atoms with Crippen LogP contribution in [0, 0.1) is 17.5 Å². The molecule has 0 unspecified atom stereocenters. The van der Waals surface area contributed by atoms with Gasteiger partial charge in [-0.15, -0.1) is 0 Å². The predicted molar refractivity (Wildman–Crippen MR) is 99.5 cm³/mol. The van der Waals surface area contributed by atoms with Crippen molar-refractivity contribution in [3.63, 3.8) is 0 Å². The van der Waals surface area contributed by atoms with Crippen LogP contribution in [-0.4, -0.2) is 9.55 Å². The highest BCUT2D eigenvalue weighted by molar-refractivity contribution is 5.78. The van der Waals surface area contributed by atoms with Crippen LogP contribution in [0.2, 0.25) is 0 Å². The number of rotatable bonds is 3. The molecule has 1 aromatic heterocycles. The zero-order chi connectivity index (χ0) is 19.3. The van der Waals surface area contributed by atoms with Crippen molar-refractivity contribution in [2.75, 3.05) is 0 Å². The van der Waals surface area contributed by atoms with Crippen molar-refractivity contribution < 1.29 is 17.9 Å². The Kier molecular flexibility index (Phi) is 3.86. The van der Waals surface area contributed by atoms with Crippen molar-refractivity contribution in [3.8, 4) is 17.2 Å². The molecule has 0 fully saturated rings. The lowest BCUT2D eigenvalue weighted by molar-refractivity contribution is 0.452. The maximum absolute atomic E-state index is 14.2. The Hall–Kier alpha value is -3.28. The zero-order valence-corrected chi connectivity index (χ0v) is 14.8. The second kappa shape index (κ2) is 6.41. The molecule has 0 saturated heterocycles. The van der Waals surface area contributed by atoms with Gasteiger partial charge in [-0.05, 0) is 66.8 Å². The van der Waals surface area contributed by atoms with E-state index in [1.54, 1.807) is 24.3 Å². The van der Waals surface area contributed by atoms with Gasteiger partial charge >= 0.3 is 0 Å². The average molecular weight is 380 g/mol. The molecule has 0 spiro atoms. The van der Waals surface area contributed by atoms with E-state index in [0.29, 0.717) is 11.4 Å². The molecule has 0 radical (unpaired) electrons. The molecule has 3 nitrogen and oxygen atoms in total. The summed E-state index contributed by atoms with van der Waals surface area (Å²) in [4.78, 5) is 3.97. The van der Waals surface area contributed by atoms with Crippen LogP contribution in [0.25, 0.3) is 16.7 Å². The summed E-state index contributed by atoms with van der Waals surface area (Å²) in [5.41, 5.74) is 3.21. The summed E-state index contributed by atoms with van der Waals surface area (Å²) < 4.78 is 48.5. The van der Waals surface area contributed by atoms with Crippen molar-refractivity contribution in [1.29, 1.82) is 0 Å². The number of hydrogen-bond donors (Lipinski definition) is 0. The summed E-state index contributed by atoms with van der Waals surface area (Å²) >= 11 is 0. The van der Waals surface area contributed by atoms with Gasteiger partial charge in [-0.3, -0.25) is 4.57 Å². The number of ether oxygens (including phenoxy) is 1. The Morgan fingerprint density at radius 3 is 2.39 bits per heavy atom. The Morgan fingerprint density at radius 1 is 0.821 bits per heavy atom. The largest absolute Gasteiger partial charge is 0.457 e. The fourth-order valence-electron chi connectivity index (χ4n) is 3.70. The van der Waals surface area contributed by atoms with E-state index in [4.69, 9.17) is 4.74 Å². The van der Waals surface area contributed by atoms with Crippen molar-refractivity contribution in [2.24, 2.45) is 0 Å². The fourth-order valence-corrected chi connectivity index (χ4v) is 3.70. The lowest BCUT2D eigenvalue weighted by Crippen LogP contribution is -1.98. The summed E-state index contributed by atoms with van der Waals surface area (Å²) in [6, 6.07) is 13.9. The highest BCUT2D eigenvalue weighted by Crippen LogP contribution is 2.30. The summed E-state index contributed by atoms with van der Waals surface area (Å²) in [5, 5.41) is 0. The zero-order valence-electron chi connectivity index (χ0n) is 14.8. The van der Waals surface area contributed by atoms with Gasteiger partial charge in [-0.25, -0.2) is 18.2 Å². The fraction of sp³-hybridized carbons (Fsp3) is 0.136. The Bertz CT molecular complexity index is 1200. The molecule has 1 aliphatic carbocycles. The number of fused-ring (bicyclic) bond motifs is 2. The van der Waals surface area contributed by atoms with Crippen LogP contribution in [0.1, 0.15) is 17.5 Å². The number of aromatic nitrogens is 2. The Labute approximate surface area is 159 Å². The van der Waals surface area contributed by atoms with Gasteiger partial charge in [0, 0.05) is 11.8 Å². The van der Waals surface area contributed by atoms with Gasteiger partial charge in [0.05, 0.1) is 5.52 Å². The molecule has 140 valence electrons. The molecule has 0 amide bonds. The van der Waals surface area contributed by atoms with Gasteiger partial charge in [0.25, 0.3) is 0 Å². The van der Waals surface area contributed by atoms with Crippen LogP contribution < -0.4 is 4.74 Å². The molecule has 0 bridgehead atoms. The maximum Gasteiger partial charge on any atom is 0.196 e. The van der Waals surface area contributed by atoms with Crippen LogP contribution in [0.5, 0.6) is 11.5 Å². The van der Waals surface area contributed by atoms with E-state index in [9.17, 15) is 13.2 Å². The Balaban J connectivity index is 1.46. The Morgan fingerprint density at radius 2 is 1.57 bits per heavy atom. The second-order valence-corrected chi connectivity index (χ2v) is 6.85. The summed E-state index contributed by atoms with van der Waals surface area (Å²) in [5.74, 6) is -2.63. The monoisotopic (exact) mass is 380 g/mol. The number of hydrogen-bond acceptors (Lipinski definition) is 2. The van der Waals surface area contributed by atoms with Crippen LogP contribution >= 0.6 is 0 Å². The van der Waals surface area contributed by atoms with Crippen molar-refractivity contribution in [2.45, 2.75) is 19.3 Å². The van der Waals surface area contributed by atoms with Crippen molar-refractivity contribution in [3.05, 3.63) is 83.4 Å². The molecule has 28 heavy (non-hydrogen) atoms. The van der Waals surface area contributed by atoms with Crippen molar-refractivity contribution >= 4 is 11.0 Å². The van der Waals surface area contributed by atoms with Gasteiger partial charge in [-0.2, -0.15) is 0 Å². The van der Waals surface area contributed by atoms with Gasteiger partial charge in [0.15, 0.2) is 17.5 Å². The maximum atomic E-state index is 14.2. The molecule has 0 atom stereocenters. The molecule has 4 aromatic rings. The second-order valence-electron chi connectivity index (χ2n) is 6.85. The van der Waals surface area contributed by atoms with Crippen LogP contribution in [0.3, 0.4) is 0 Å². The molecule has 1 aliphatic rings. The molecule has 0 aliphatic heterocycles. The third kappa shape index (κ3) is 2.72. The van der Waals surface area contributed by atoms with Gasteiger partial charge in [-0.1, -0.05) is 6.07 Å². The first-order valence-electron chi connectivity index (χ1n) is 9.01. The molecular formula is C22H15F3N2O. The minimum Gasteiger partial charge on any atom is -0.457 e. The molecule has 0 N–H and O–H groups in total. The van der Waals surface area contributed by atoms with E-state index in [1.807, 2.05) is 6.07 Å². The lowest BCUT2D eigenvalue weighted by Gasteiger charge is -2.10. The van der Waals surface area contributed by atoms with E-state index in [0.717, 1.165) is 24.7 Å². The molecule has 1 heterocycles. The first kappa shape index (κ1) is 16.9. The first-order valence-corrected chi connectivity index (χ1v) is 9.01. The SMILES string of the molecule is Fc1cc2ncn(-c3ccc(Oc4ccc5c(c4)CCC5)cc3)c2c(F)c1F. The van der Waals surface area contributed by atoms with E-state index in [-0.39, 0.29) is 11.0 Å². The van der Waals surface area contributed by atoms with Gasteiger partial charge in [0.1, 0.15) is 23.3 Å². The number of benzene rings is 3.